The summed E-state index contributed by atoms with van der Waals surface area (Å²) in [6.45, 7) is 0.595. The second kappa shape index (κ2) is 6.39. The van der Waals surface area contributed by atoms with E-state index in [1.807, 2.05) is 24.3 Å². The number of methoxy groups -OCH3 is 2. The lowest BCUT2D eigenvalue weighted by Crippen LogP contribution is -2.59. The summed E-state index contributed by atoms with van der Waals surface area (Å²) in [5.41, 5.74) is 1.64. The Bertz CT molecular complexity index is 570. The maximum absolute atomic E-state index is 6.39. The first-order chi connectivity index (χ1) is 11.7. The number of hydrogen-bond donors (Lipinski definition) is 0. The van der Waals surface area contributed by atoms with Crippen LogP contribution in [0.15, 0.2) is 24.3 Å². The zero-order valence-corrected chi connectivity index (χ0v) is 14.5. The number of rotatable bonds is 4. The fourth-order valence-corrected chi connectivity index (χ4v) is 4.52. The summed E-state index contributed by atoms with van der Waals surface area (Å²) in [7, 11) is 3.40. The standard InChI is InChI=1S/C19H26O5/c1-20-13-14-6-8-16(9-7-14)19-12-10-15-5-3-4-11-18(15,23-24-19)17(21-2)22-19/h6-9,15,17H,3-5,10-13H2,1-2H3/t15-,17?,18+,19+/m1/s1. The van der Waals surface area contributed by atoms with E-state index in [4.69, 9.17) is 24.0 Å². The van der Waals surface area contributed by atoms with Crippen LogP contribution >= 0.6 is 0 Å². The molecular weight excluding hydrogens is 308 g/mol. The van der Waals surface area contributed by atoms with Crippen LogP contribution in [0, 0.1) is 5.92 Å². The van der Waals surface area contributed by atoms with Gasteiger partial charge in [-0.3, -0.25) is 0 Å². The molecule has 0 radical (unpaired) electrons. The largest absolute Gasteiger partial charge is 0.380 e. The molecular formula is C19H26O5. The van der Waals surface area contributed by atoms with E-state index >= 15 is 0 Å². The Hall–Kier alpha value is -0.980. The number of ether oxygens (including phenoxy) is 3. The van der Waals surface area contributed by atoms with Crippen molar-refractivity contribution in [2.45, 2.75) is 62.8 Å². The minimum atomic E-state index is -0.880. The minimum Gasteiger partial charge on any atom is -0.380 e. The van der Waals surface area contributed by atoms with Gasteiger partial charge in [-0.15, -0.1) is 0 Å². The first kappa shape index (κ1) is 16.5. The van der Waals surface area contributed by atoms with Gasteiger partial charge in [0.05, 0.1) is 6.61 Å². The maximum atomic E-state index is 6.39. The molecule has 2 bridgehead atoms. The third-order valence-electron chi connectivity index (χ3n) is 5.83. The second-order valence-corrected chi connectivity index (χ2v) is 7.17. The predicted molar refractivity (Wildman–Crippen MR) is 86.8 cm³/mol. The van der Waals surface area contributed by atoms with Gasteiger partial charge in [0.1, 0.15) is 0 Å². The first-order valence-electron chi connectivity index (χ1n) is 8.88. The van der Waals surface area contributed by atoms with Crippen LogP contribution in [0.1, 0.15) is 49.7 Å². The average Bonchev–Trinajstić information content (AvgIpc) is 2.88. The van der Waals surface area contributed by atoms with Gasteiger partial charge >= 0.3 is 0 Å². The molecule has 1 aromatic rings. The van der Waals surface area contributed by atoms with Crippen molar-refractivity contribution < 1.29 is 24.0 Å². The molecule has 4 aliphatic rings. The van der Waals surface area contributed by atoms with Crippen molar-refractivity contribution in [2.75, 3.05) is 14.2 Å². The molecule has 1 aromatic carbocycles. The molecule has 5 rings (SSSR count). The molecule has 4 fully saturated rings. The highest BCUT2D eigenvalue weighted by Crippen LogP contribution is 2.55. The molecule has 0 amide bonds. The Kier molecular flexibility index (Phi) is 4.39. The summed E-state index contributed by atoms with van der Waals surface area (Å²) < 4.78 is 17.3. The van der Waals surface area contributed by atoms with Gasteiger partial charge in [0.15, 0.2) is 11.9 Å². The van der Waals surface area contributed by atoms with Crippen molar-refractivity contribution in [1.82, 2.24) is 0 Å². The molecule has 0 aromatic heterocycles. The number of hydrogen-bond acceptors (Lipinski definition) is 5. The molecule has 3 saturated heterocycles. The van der Waals surface area contributed by atoms with Gasteiger partial charge in [0, 0.05) is 26.2 Å². The zero-order valence-electron chi connectivity index (χ0n) is 14.5. The van der Waals surface area contributed by atoms with Gasteiger partial charge in [-0.1, -0.05) is 37.1 Å². The van der Waals surface area contributed by atoms with E-state index in [0.29, 0.717) is 12.5 Å². The SMILES string of the molecule is COCc1ccc([C@]23CC[C@H]4CCCC[C@@]4(OO2)C(OC)O3)cc1. The van der Waals surface area contributed by atoms with Crippen molar-refractivity contribution >= 4 is 0 Å². The molecule has 3 aliphatic heterocycles. The lowest BCUT2D eigenvalue weighted by atomic mass is 9.73. The predicted octanol–water partition coefficient (Wildman–Crippen LogP) is 3.66. The number of fused-ring (bicyclic) bond motifs is 3. The van der Waals surface area contributed by atoms with Gasteiger partial charge < -0.3 is 14.2 Å². The van der Waals surface area contributed by atoms with Crippen molar-refractivity contribution in [3.63, 3.8) is 0 Å². The van der Waals surface area contributed by atoms with Crippen molar-refractivity contribution in [2.24, 2.45) is 5.92 Å². The topological polar surface area (TPSA) is 46.2 Å². The Morgan fingerprint density at radius 3 is 2.62 bits per heavy atom. The smallest absolute Gasteiger partial charge is 0.230 e. The maximum Gasteiger partial charge on any atom is 0.230 e. The van der Waals surface area contributed by atoms with Crippen LogP contribution in [0.4, 0.5) is 0 Å². The molecule has 5 heteroatoms. The van der Waals surface area contributed by atoms with Crippen LogP contribution < -0.4 is 0 Å². The minimum absolute atomic E-state index is 0.391. The normalized spacial score (nSPS) is 38.6. The van der Waals surface area contributed by atoms with Gasteiger partial charge in [0.2, 0.25) is 5.79 Å². The third-order valence-corrected chi connectivity index (χ3v) is 5.83. The van der Waals surface area contributed by atoms with E-state index < -0.39 is 17.7 Å². The third kappa shape index (κ3) is 2.50. The van der Waals surface area contributed by atoms with Crippen LogP contribution in [-0.4, -0.2) is 26.1 Å². The van der Waals surface area contributed by atoms with Gasteiger partial charge in [0.25, 0.3) is 0 Å². The van der Waals surface area contributed by atoms with E-state index in [0.717, 1.165) is 43.2 Å². The molecule has 1 spiro atoms. The molecule has 1 saturated carbocycles. The summed E-state index contributed by atoms with van der Waals surface area (Å²) in [5, 5.41) is 0. The van der Waals surface area contributed by atoms with Gasteiger partial charge in [-0.2, -0.15) is 4.89 Å². The summed E-state index contributed by atoms with van der Waals surface area (Å²) in [6.07, 6.45) is 5.86. The van der Waals surface area contributed by atoms with E-state index in [-0.39, 0.29) is 0 Å². The quantitative estimate of drug-likeness (QED) is 0.787. The molecule has 4 atom stereocenters. The highest BCUT2D eigenvalue weighted by Gasteiger charge is 2.61. The van der Waals surface area contributed by atoms with Crippen molar-refractivity contribution in [3.8, 4) is 0 Å². The number of benzene rings is 1. The van der Waals surface area contributed by atoms with E-state index in [1.54, 1.807) is 14.2 Å². The van der Waals surface area contributed by atoms with Crippen molar-refractivity contribution in [1.29, 1.82) is 0 Å². The van der Waals surface area contributed by atoms with Gasteiger partial charge in [-0.25, -0.2) is 4.89 Å². The van der Waals surface area contributed by atoms with Crippen LogP contribution in [0.5, 0.6) is 0 Å². The molecule has 1 aliphatic carbocycles. The highest BCUT2D eigenvalue weighted by atomic mass is 17.3. The molecule has 132 valence electrons. The Balaban J connectivity index is 1.66. The highest BCUT2D eigenvalue weighted by molar-refractivity contribution is 5.26. The van der Waals surface area contributed by atoms with Crippen LogP contribution in [0.3, 0.4) is 0 Å². The lowest BCUT2D eigenvalue weighted by molar-refractivity contribution is -0.558. The van der Waals surface area contributed by atoms with Gasteiger partial charge in [-0.05, 0) is 30.7 Å². The summed E-state index contributed by atoms with van der Waals surface area (Å²) in [5.74, 6) is -0.456. The summed E-state index contributed by atoms with van der Waals surface area (Å²) >= 11 is 0. The molecule has 1 unspecified atom stereocenters. The zero-order chi connectivity index (χ0) is 16.6. The van der Waals surface area contributed by atoms with E-state index in [2.05, 4.69) is 0 Å². The molecule has 5 nitrogen and oxygen atoms in total. The van der Waals surface area contributed by atoms with Crippen molar-refractivity contribution in [3.05, 3.63) is 35.4 Å². The van der Waals surface area contributed by atoms with E-state index in [1.165, 1.54) is 6.42 Å². The fraction of sp³-hybridized carbons (Fsp3) is 0.684. The summed E-state index contributed by atoms with van der Waals surface area (Å²) in [6, 6.07) is 8.17. The Morgan fingerprint density at radius 1 is 1.04 bits per heavy atom. The Labute approximate surface area is 143 Å². The van der Waals surface area contributed by atoms with E-state index in [9.17, 15) is 0 Å². The monoisotopic (exact) mass is 334 g/mol. The lowest BCUT2D eigenvalue weighted by Gasteiger charge is -2.49. The molecule has 24 heavy (non-hydrogen) atoms. The Morgan fingerprint density at radius 2 is 1.88 bits per heavy atom. The average molecular weight is 334 g/mol. The van der Waals surface area contributed by atoms with Crippen LogP contribution in [0.2, 0.25) is 0 Å². The second-order valence-electron chi connectivity index (χ2n) is 7.17. The molecule has 0 N–H and O–H groups in total. The van der Waals surface area contributed by atoms with Crippen LogP contribution in [-0.2, 0) is 36.4 Å². The van der Waals surface area contributed by atoms with Crippen LogP contribution in [0.25, 0.3) is 0 Å². The molecule has 3 heterocycles. The summed E-state index contributed by atoms with van der Waals surface area (Å²) in [4.78, 5) is 12.0. The first-order valence-corrected chi connectivity index (χ1v) is 8.88. The fourth-order valence-electron chi connectivity index (χ4n) is 4.52.